The Balaban J connectivity index is 2.30. The maximum atomic E-state index is 10.8. The number of nitrogens with one attached hydrogen (secondary N) is 2. The summed E-state index contributed by atoms with van der Waals surface area (Å²) in [5.41, 5.74) is 1.23. The lowest BCUT2D eigenvalue weighted by molar-refractivity contribution is -0.384. The second kappa shape index (κ2) is 5.67. The Hall–Kier alpha value is -3.14. The van der Waals surface area contributed by atoms with Gasteiger partial charge in [0.05, 0.1) is 4.92 Å². The lowest BCUT2D eigenvalue weighted by atomic mass is 10.2. The van der Waals surface area contributed by atoms with Crippen molar-refractivity contribution in [2.75, 3.05) is 17.7 Å². The van der Waals surface area contributed by atoms with Gasteiger partial charge in [0, 0.05) is 18.3 Å². The van der Waals surface area contributed by atoms with Crippen LogP contribution in [0.3, 0.4) is 0 Å². The normalized spacial score (nSPS) is 9.60. The third-order valence-electron chi connectivity index (χ3n) is 2.49. The minimum Gasteiger partial charge on any atom is -0.367 e. The van der Waals surface area contributed by atoms with E-state index in [1.807, 2.05) is 0 Å². The van der Waals surface area contributed by atoms with Gasteiger partial charge in [0.2, 0.25) is 11.8 Å². The first kappa shape index (κ1) is 13.3. The second-order valence-electron chi connectivity index (χ2n) is 3.78. The molecule has 1 heterocycles. The number of rotatable bonds is 4. The molecule has 0 aliphatic heterocycles. The molecule has 7 nitrogen and oxygen atoms in total. The Morgan fingerprint density at radius 2 is 2.25 bits per heavy atom. The predicted molar refractivity (Wildman–Crippen MR) is 75.9 cm³/mol. The number of hydrogen-bond donors (Lipinski definition) is 2. The van der Waals surface area contributed by atoms with E-state index in [1.54, 1.807) is 31.3 Å². The molecule has 1 aromatic carbocycles. The first-order valence-corrected chi connectivity index (χ1v) is 5.67. The maximum Gasteiger partial charge on any atom is 0.329 e. The topological polar surface area (TPSA) is 93.0 Å². The summed E-state index contributed by atoms with van der Waals surface area (Å²) in [6.45, 7) is 0. The van der Waals surface area contributed by atoms with Crippen LogP contribution in [0.5, 0.6) is 0 Å². The van der Waals surface area contributed by atoms with Gasteiger partial charge in [-0.2, -0.15) is 4.98 Å². The van der Waals surface area contributed by atoms with Gasteiger partial charge in [0.25, 0.3) is 0 Å². The Kier molecular flexibility index (Phi) is 3.77. The van der Waals surface area contributed by atoms with Crippen LogP contribution in [0.4, 0.5) is 23.1 Å². The number of nitrogens with zero attached hydrogens (tertiary/aromatic N) is 3. The zero-order chi connectivity index (χ0) is 14.5. The molecule has 0 aliphatic carbocycles. The van der Waals surface area contributed by atoms with E-state index in [0.717, 1.165) is 6.20 Å². The largest absolute Gasteiger partial charge is 0.367 e. The third-order valence-corrected chi connectivity index (χ3v) is 2.49. The summed E-state index contributed by atoms with van der Waals surface area (Å²) in [6.07, 6.45) is 6.46. The van der Waals surface area contributed by atoms with Crippen molar-refractivity contribution in [3.8, 4) is 12.3 Å². The Morgan fingerprint density at radius 1 is 1.45 bits per heavy atom. The van der Waals surface area contributed by atoms with Gasteiger partial charge in [-0.1, -0.05) is 12.0 Å². The summed E-state index contributed by atoms with van der Waals surface area (Å²) >= 11 is 0. The van der Waals surface area contributed by atoms with Crippen molar-refractivity contribution >= 4 is 23.1 Å². The highest BCUT2D eigenvalue weighted by atomic mass is 16.6. The lowest BCUT2D eigenvalue weighted by Gasteiger charge is -2.07. The summed E-state index contributed by atoms with van der Waals surface area (Å²) in [5, 5.41) is 16.4. The Morgan fingerprint density at radius 3 is 2.90 bits per heavy atom. The SMILES string of the molecule is C#Cc1cccc(Nc2ncc([N+](=O)[O-])c(NC)n2)c1. The zero-order valence-electron chi connectivity index (χ0n) is 10.6. The van der Waals surface area contributed by atoms with Gasteiger partial charge in [-0.3, -0.25) is 10.1 Å². The molecular weight excluding hydrogens is 258 g/mol. The Bertz CT molecular complexity index is 693. The maximum absolute atomic E-state index is 10.8. The number of nitro groups is 1. The van der Waals surface area contributed by atoms with Crippen LogP contribution in [0.15, 0.2) is 30.5 Å². The molecule has 0 bridgehead atoms. The van der Waals surface area contributed by atoms with Crippen LogP contribution in [-0.4, -0.2) is 21.9 Å². The van der Waals surface area contributed by atoms with Gasteiger partial charge in [-0.25, -0.2) is 4.98 Å². The van der Waals surface area contributed by atoms with E-state index in [-0.39, 0.29) is 17.5 Å². The summed E-state index contributed by atoms with van der Waals surface area (Å²) in [6, 6.07) is 7.14. The molecule has 2 rings (SSSR count). The number of anilines is 3. The van der Waals surface area contributed by atoms with Crippen LogP contribution >= 0.6 is 0 Å². The van der Waals surface area contributed by atoms with E-state index in [0.29, 0.717) is 11.3 Å². The highest BCUT2D eigenvalue weighted by molar-refractivity contribution is 5.61. The summed E-state index contributed by atoms with van der Waals surface area (Å²) in [7, 11) is 1.55. The fraction of sp³-hybridized carbons (Fsp3) is 0.0769. The van der Waals surface area contributed by atoms with E-state index in [1.165, 1.54) is 0 Å². The van der Waals surface area contributed by atoms with Gasteiger partial charge in [-0.05, 0) is 18.2 Å². The Labute approximate surface area is 115 Å². The van der Waals surface area contributed by atoms with Crippen molar-refractivity contribution in [3.05, 3.63) is 46.1 Å². The number of benzene rings is 1. The fourth-order valence-corrected chi connectivity index (χ4v) is 1.57. The molecule has 2 N–H and O–H groups in total. The van der Waals surface area contributed by atoms with E-state index in [2.05, 4.69) is 26.5 Å². The van der Waals surface area contributed by atoms with Crippen LogP contribution < -0.4 is 10.6 Å². The number of hydrogen-bond acceptors (Lipinski definition) is 6. The average molecular weight is 269 g/mol. The minimum absolute atomic E-state index is 0.139. The van der Waals surface area contributed by atoms with E-state index in [4.69, 9.17) is 6.42 Å². The summed E-state index contributed by atoms with van der Waals surface area (Å²) < 4.78 is 0. The first-order valence-electron chi connectivity index (χ1n) is 5.67. The fourth-order valence-electron chi connectivity index (χ4n) is 1.57. The van der Waals surface area contributed by atoms with E-state index < -0.39 is 4.92 Å². The summed E-state index contributed by atoms with van der Waals surface area (Å²) in [4.78, 5) is 18.2. The van der Waals surface area contributed by atoms with Crippen LogP contribution in [0, 0.1) is 22.5 Å². The molecule has 0 aliphatic rings. The predicted octanol–water partition coefficient (Wildman–Crippen LogP) is 2.15. The molecule has 0 unspecified atom stereocenters. The molecule has 100 valence electrons. The molecule has 1 aromatic heterocycles. The number of aromatic nitrogens is 2. The van der Waals surface area contributed by atoms with Crippen LogP contribution in [0.25, 0.3) is 0 Å². The van der Waals surface area contributed by atoms with Gasteiger partial charge in [-0.15, -0.1) is 6.42 Å². The first-order chi connectivity index (χ1) is 9.63. The second-order valence-corrected chi connectivity index (χ2v) is 3.78. The molecule has 0 spiro atoms. The van der Waals surface area contributed by atoms with Crippen molar-refractivity contribution in [2.45, 2.75) is 0 Å². The molecule has 0 saturated heterocycles. The molecule has 2 aromatic rings. The van der Waals surface area contributed by atoms with Gasteiger partial charge in [0.1, 0.15) is 6.20 Å². The third kappa shape index (κ3) is 2.81. The van der Waals surface area contributed by atoms with Gasteiger partial charge >= 0.3 is 5.69 Å². The monoisotopic (exact) mass is 269 g/mol. The van der Waals surface area contributed by atoms with Crippen molar-refractivity contribution in [2.24, 2.45) is 0 Å². The molecule has 0 saturated carbocycles. The van der Waals surface area contributed by atoms with Crippen LogP contribution in [-0.2, 0) is 0 Å². The quantitative estimate of drug-likeness (QED) is 0.502. The average Bonchev–Trinajstić information content (AvgIpc) is 2.47. The molecule has 20 heavy (non-hydrogen) atoms. The van der Waals surface area contributed by atoms with Crippen molar-refractivity contribution in [1.29, 1.82) is 0 Å². The highest BCUT2D eigenvalue weighted by Gasteiger charge is 2.15. The lowest BCUT2D eigenvalue weighted by Crippen LogP contribution is -2.04. The van der Waals surface area contributed by atoms with Crippen molar-refractivity contribution in [3.63, 3.8) is 0 Å². The molecule has 0 radical (unpaired) electrons. The summed E-state index contributed by atoms with van der Waals surface area (Å²) in [5.74, 6) is 2.90. The standard InChI is InChI=1S/C13H11N5O2/c1-3-9-5-4-6-10(7-9)16-13-15-8-11(18(19)20)12(14-2)17-13/h1,4-8H,2H3,(H2,14,15,16,17). The van der Waals surface area contributed by atoms with Crippen LogP contribution in [0.1, 0.15) is 5.56 Å². The van der Waals surface area contributed by atoms with Gasteiger partial charge < -0.3 is 10.6 Å². The zero-order valence-corrected chi connectivity index (χ0v) is 10.6. The minimum atomic E-state index is -0.547. The number of terminal acetylenes is 1. The van der Waals surface area contributed by atoms with E-state index >= 15 is 0 Å². The molecule has 7 heteroatoms. The highest BCUT2D eigenvalue weighted by Crippen LogP contribution is 2.23. The smallest absolute Gasteiger partial charge is 0.329 e. The van der Waals surface area contributed by atoms with Gasteiger partial charge in [0.15, 0.2) is 0 Å². The molecule has 0 atom stereocenters. The molecule has 0 amide bonds. The van der Waals surface area contributed by atoms with E-state index in [9.17, 15) is 10.1 Å². The van der Waals surface area contributed by atoms with Crippen molar-refractivity contribution in [1.82, 2.24) is 9.97 Å². The molecule has 0 fully saturated rings. The molecular formula is C13H11N5O2. The van der Waals surface area contributed by atoms with Crippen LogP contribution in [0.2, 0.25) is 0 Å². The van der Waals surface area contributed by atoms with Crippen molar-refractivity contribution < 1.29 is 4.92 Å².